The zero-order valence-corrected chi connectivity index (χ0v) is 21.3. The smallest absolute Gasteiger partial charge is 0.348 e. The van der Waals surface area contributed by atoms with Crippen molar-refractivity contribution in [1.82, 2.24) is 0 Å². The summed E-state index contributed by atoms with van der Waals surface area (Å²) in [5.41, 5.74) is -0.248. The monoisotopic (exact) mass is 506 g/mol. The number of hydrogen-bond donors (Lipinski definition) is 0. The molecule has 2 unspecified atom stereocenters. The van der Waals surface area contributed by atoms with Crippen LogP contribution in [0.1, 0.15) is 49.7 Å². The molecule has 196 valence electrons. The van der Waals surface area contributed by atoms with E-state index in [1.54, 1.807) is 0 Å². The highest BCUT2D eigenvalue weighted by molar-refractivity contribution is 5.86. The van der Waals surface area contributed by atoms with Gasteiger partial charge >= 0.3 is 11.9 Å². The van der Waals surface area contributed by atoms with Crippen molar-refractivity contribution < 1.29 is 33.0 Å². The summed E-state index contributed by atoms with van der Waals surface area (Å²) < 4.78 is 24.4. The van der Waals surface area contributed by atoms with Crippen LogP contribution < -0.4 is 0 Å². The first-order chi connectivity index (χ1) is 18.1. The van der Waals surface area contributed by atoms with E-state index in [2.05, 4.69) is 0 Å². The van der Waals surface area contributed by atoms with Crippen LogP contribution in [0.2, 0.25) is 0 Å². The lowest BCUT2D eigenvalue weighted by molar-refractivity contribution is -0.956. The van der Waals surface area contributed by atoms with Crippen LogP contribution in [0, 0.1) is 5.92 Å². The number of benzene rings is 2. The van der Waals surface area contributed by atoms with Gasteiger partial charge in [-0.15, -0.1) is 0 Å². The third kappa shape index (κ3) is 4.37. The summed E-state index contributed by atoms with van der Waals surface area (Å²) in [5.74, 6) is -1.11. The average molecular weight is 507 g/mol. The Hall–Kier alpha value is -2.74. The molecule has 0 N–H and O–H groups in total. The predicted octanol–water partition coefficient (Wildman–Crippen LogP) is 3.94. The van der Waals surface area contributed by atoms with Crippen molar-refractivity contribution in [1.29, 1.82) is 0 Å². The van der Waals surface area contributed by atoms with Gasteiger partial charge in [-0.2, -0.15) is 0 Å². The van der Waals surface area contributed by atoms with E-state index in [-0.39, 0.29) is 24.8 Å². The molecule has 2 aromatic rings. The van der Waals surface area contributed by atoms with Crippen LogP contribution in [0.4, 0.5) is 0 Å². The fraction of sp³-hybridized carbons (Fsp3) is 0.533. The van der Waals surface area contributed by atoms with Crippen LogP contribution >= 0.6 is 0 Å². The van der Waals surface area contributed by atoms with Crippen molar-refractivity contribution in [3.63, 3.8) is 0 Å². The van der Waals surface area contributed by atoms with Crippen molar-refractivity contribution in [2.45, 2.75) is 62.3 Å². The van der Waals surface area contributed by atoms with E-state index in [4.69, 9.17) is 18.9 Å². The fourth-order valence-electron chi connectivity index (χ4n) is 7.18. The molecule has 0 radical (unpaired) electrons. The standard InChI is InChI=1S/C30H36NO6/c32-28(22-19-34-20-22)35-21-36-30(23-9-3-1-4-10-23,24-11-5-2-6-12-24)29(33)37-27-17-25-13-14-26(18-27)31(25)15-7-8-16-31/h1-6,9-12,22,25-27H,7-8,13-21H2/q+1. The zero-order chi connectivity index (χ0) is 25.3. The molecule has 4 aliphatic rings. The first-order valence-electron chi connectivity index (χ1n) is 13.7. The molecule has 4 fully saturated rings. The van der Waals surface area contributed by atoms with Crippen LogP contribution in [-0.2, 0) is 34.1 Å². The van der Waals surface area contributed by atoms with E-state index in [1.165, 1.54) is 43.3 Å². The molecule has 2 atom stereocenters. The third-order valence-electron chi connectivity index (χ3n) is 9.13. The highest BCUT2D eigenvalue weighted by atomic mass is 16.7. The molecule has 4 heterocycles. The van der Waals surface area contributed by atoms with Gasteiger partial charge in [-0.1, -0.05) is 60.7 Å². The molecule has 37 heavy (non-hydrogen) atoms. The summed E-state index contributed by atoms with van der Waals surface area (Å²) >= 11 is 0. The van der Waals surface area contributed by atoms with Gasteiger partial charge in [-0.3, -0.25) is 4.79 Å². The second-order valence-corrected chi connectivity index (χ2v) is 11.0. The summed E-state index contributed by atoms with van der Waals surface area (Å²) in [6.07, 6.45) is 6.72. The fourth-order valence-corrected chi connectivity index (χ4v) is 7.18. The molecule has 2 aromatic carbocycles. The summed E-state index contributed by atoms with van der Waals surface area (Å²) in [7, 11) is 0. The minimum Gasteiger partial charge on any atom is -0.459 e. The van der Waals surface area contributed by atoms with E-state index >= 15 is 0 Å². The lowest BCUT2D eigenvalue weighted by atomic mass is 9.85. The Kier molecular flexibility index (Phi) is 6.78. The second kappa shape index (κ2) is 10.2. The van der Waals surface area contributed by atoms with Gasteiger partial charge in [-0.25, -0.2) is 4.79 Å². The van der Waals surface area contributed by atoms with Crippen molar-refractivity contribution in [2.75, 3.05) is 33.1 Å². The molecule has 0 saturated carbocycles. The maximum atomic E-state index is 14.2. The highest BCUT2D eigenvalue weighted by Crippen LogP contribution is 2.47. The minimum absolute atomic E-state index is 0.139. The molecule has 4 saturated heterocycles. The minimum atomic E-state index is -1.55. The molecule has 7 heteroatoms. The topological polar surface area (TPSA) is 71.1 Å². The predicted molar refractivity (Wildman–Crippen MR) is 135 cm³/mol. The Bertz CT molecular complexity index is 1040. The zero-order valence-electron chi connectivity index (χ0n) is 21.3. The van der Waals surface area contributed by atoms with Gasteiger partial charge in [-0.05, 0) is 11.1 Å². The molecule has 1 spiro atoms. The molecule has 2 bridgehead atoms. The summed E-state index contributed by atoms with van der Waals surface area (Å²) in [4.78, 5) is 26.6. The lowest BCUT2D eigenvalue weighted by Gasteiger charge is -2.47. The Morgan fingerprint density at radius 3 is 1.95 bits per heavy atom. The largest absolute Gasteiger partial charge is 0.459 e. The Balaban J connectivity index is 1.27. The number of ether oxygens (including phenoxy) is 4. The van der Waals surface area contributed by atoms with Crippen LogP contribution in [0.3, 0.4) is 0 Å². The van der Waals surface area contributed by atoms with E-state index in [0.29, 0.717) is 36.4 Å². The number of carbonyl (C=O) groups is 2. The van der Waals surface area contributed by atoms with Crippen LogP contribution in [0.25, 0.3) is 0 Å². The number of quaternary nitrogens is 1. The van der Waals surface area contributed by atoms with Crippen molar-refractivity contribution in [2.24, 2.45) is 5.92 Å². The van der Waals surface area contributed by atoms with Gasteiger partial charge < -0.3 is 23.4 Å². The van der Waals surface area contributed by atoms with Gasteiger partial charge in [0.05, 0.1) is 38.4 Å². The van der Waals surface area contributed by atoms with Crippen molar-refractivity contribution in [3.8, 4) is 0 Å². The van der Waals surface area contributed by atoms with Gasteiger partial charge in [0.2, 0.25) is 5.60 Å². The first kappa shape index (κ1) is 24.6. The summed E-state index contributed by atoms with van der Waals surface area (Å²) in [6.45, 7) is 2.90. The molecule has 7 nitrogen and oxygen atoms in total. The van der Waals surface area contributed by atoms with Crippen LogP contribution in [-0.4, -0.2) is 67.7 Å². The maximum absolute atomic E-state index is 14.2. The third-order valence-corrected chi connectivity index (χ3v) is 9.13. The molecule has 4 aliphatic heterocycles. The van der Waals surface area contributed by atoms with Gasteiger partial charge in [0, 0.05) is 38.5 Å². The Morgan fingerprint density at radius 1 is 0.865 bits per heavy atom. The molecule has 0 aliphatic carbocycles. The highest BCUT2D eigenvalue weighted by Gasteiger charge is 2.57. The number of carbonyl (C=O) groups excluding carboxylic acids is 2. The summed E-state index contributed by atoms with van der Waals surface area (Å²) in [5, 5.41) is 0. The first-order valence-corrected chi connectivity index (χ1v) is 13.7. The Morgan fingerprint density at radius 2 is 1.43 bits per heavy atom. The molecular formula is C30H36NO6+. The normalized spacial score (nSPS) is 26.5. The van der Waals surface area contributed by atoms with Gasteiger partial charge in [0.25, 0.3) is 0 Å². The van der Waals surface area contributed by atoms with E-state index in [0.717, 1.165) is 12.8 Å². The molecule has 0 amide bonds. The Labute approximate surface area is 218 Å². The second-order valence-electron chi connectivity index (χ2n) is 11.0. The van der Waals surface area contributed by atoms with Crippen LogP contribution in [0.5, 0.6) is 0 Å². The van der Waals surface area contributed by atoms with E-state index in [1.807, 2.05) is 60.7 Å². The van der Waals surface area contributed by atoms with Gasteiger partial charge in [0.1, 0.15) is 12.0 Å². The SMILES string of the molecule is O=C(OCOC(C(=O)OC1CC2CCC(C1)[N+]21CCCC1)(c1ccccc1)c1ccccc1)C1COC1. The molecular weight excluding hydrogens is 470 g/mol. The number of esters is 2. The molecule has 6 rings (SSSR count). The van der Waals surface area contributed by atoms with Crippen molar-refractivity contribution >= 4 is 11.9 Å². The van der Waals surface area contributed by atoms with Crippen molar-refractivity contribution in [3.05, 3.63) is 71.8 Å². The average Bonchev–Trinajstić information content (AvgIpc) is 3.43. The number of hydrogen-bond acceptors (Lipinski definition) is 6. The molecule has 0 aromatic heterocycles. The quantitative estimate of drug-likeness (QED) is 0.307. The number of nitrogens with zero attached hydrogens (tertiary/aromatic N) is 1. The van der Waals surface area contributed by atoms with Gasteiger partial charge in [0.15, 0.2) is 6.79 Å². The maximum Gasteiger partial charge on any atom is 0.348 e. The van der Waals surface area contributed by atoms with Crippen LogP contribution in [0.15, 0.2) is 60.7 Å². The van der Waals surface area contributed by atoms with E-state index < -0.39 is 11.6 Å². The lowest BCUT2D eigenvalue weighted by Crippen LogP contribution is -2.60. The summed E-state index contributed by atoms with van der Waals surface area (Å²) in [6, 6.07) is 19.9. The number of piperidine rings is 1. The van der Waals surface area contributed by atoms with E-state index in [9.17, 15) is 9.59 Å². The number of rotatable bonds is 8.